The number of nitrogens with zero attached hydrogens (tertiary/aromatic N) is 2. The molecule has 20 heavy (non-hydrogen) atoms. The van der Waals surface area contributed by atoms with E-state index >= 15 is 0 Å². The molecular weight excluding hydrogens is 274 g/mol. The number of amides is 1. The molecule has 0 aliphatic carbocycles. The molecule has 0 bridgehead atoms. The molecule has 1 amide bonds. The molecule has 1 aliphatic rings. The summed E-state index contributed by atoms with van der Waals surface area (Å²) in [5.41, 5.74) is 6.37. The molecule has 4 nitrogen and oxygen atoms in total. The van der Waals surface area contributed by atoms with Crippen LogP contribution in [0.2, 0.25) is 5.02 Å². The lowest BCUT2D eigenvalue weighted by Gasteiger charge is -2.36. The zero-order valence-electron chi connectivity index (χ0n) is 12.3. The summed E-state index contributed by atoms with van der Waals surface area (Å²) in [7, 11) is 0. The summed E-state index contributed by atoms with van der Waals surface area (Å²) in [6.07, 6.45) is 6.02. The molecule has 0 radical (unpaired) electrons. The van der Waals surface area contributed by atoms with E-state index in [4.69, 9.17) is 17.3 Å². The van der Waals surface area contributed by atoms with Crippen molar-refractivity contribution in [3.05, 3.63) is 23.0 Å². The minimum atomic E-state index is 0.0868. The first kappa shape index (κ1) is 15.4. The molecule has 112 valence electrons. The summed E-state index contributed by atoms with van der Waals surface area (Å²) in [6.45, 7) is 5.56. The minimum Gasteiger partial charge on any atom is -0.339 e. The molecule has 1 aromatic rings. The Morgan fingerprint density at radius 2 is 2.25 bits per heavy atom. The molecular formula is C15H24ClN3O. The summed E-state index contributed by atoms with van der Waals surface area (Å²) in [5.74, 6) is 0.0868. The number of carbonyl (C=O) groups is 1. The summed E-state index contributed by atoms with van der Waals surface area (Å²) in [5, 5.41) is 0.620. The number of carbonyl (C=O) groups excluding carboxylic acids is 1. The number of hydrogen-bond acceptors (Lipinski definition) is 2. The number of halogens is 1. The van der Waals surface area contributed by atoms with Crippen LogP contribution in [0.15, 0.2) is 12.3 Å². The lowest BCUT2D eigenvalue weighted by atomic mass is 9.99. The van der Waals surface area contributed by atoms with E-state index in [0.717, 1.165) is 25.8 Å². The Kier molecular flexibility index (Phi) is 5.11. The average Bonchev–Trinajstić information content (AvgIpc) is 2.81. The van der Waals surface area contributed by atoms with Crippen molar-refractivity contribution in [2.24, 2.45) is 5.73 Å². The van der Waals surface area contributed by atoms with Crippen LogP contribution in [-0.4, -0.2) is 34.5 Å². The molecule has 1 fully saturated rings. The second-order valence-electron chi connectivity index (χ2n) is 5.77. The SMILES string of the molecule is CC(C)n1cc(Cl)cc1C(=O)N1CCCCC1CCN. The first-order valence-electron chi connectivity index (χ1n) is 7.43. The van der Waals surface area contributed by atoms with Gasteiger partial charge in [0.25, 0.3) is 5.91 Å². The number of hydrogen-bond donors (Lipinski definition) is 1. The quantitative estimate of drug-likeness (QED) is 0.928. The predicted molar refractivity (Wildman–Crippen MR) is 82.2 cm³/mol. The number of piperidine rings is 1. The van der Waals surface area contributed by atoms with Crippen LogP contribution in [0.5, 0.6) is 0 Å². The third-order valence-corrected chi connectivity index (χ3v) is 4.19. The van der Waals surface area contributed by atoms with Gasteiger partial charge >= 0.3 is 0 Å². The largest absolute Gasteiger partial charge is 0.339 e. The van der Waals surface area contributed by atoms with Gasteiger partial charge in [-0.15, -0.1) is 0 Å². The van der Waals surface area contributed by atoms with Crippen molar-refractivity contribution in [3.8, 4) is 0 Å². The fraction of sp³-hybridized carbons (Fsp3) is 0.667. The topological polar surface area (TPSA) is 51.3 Å². The molecule has 2 rings (SSSR count). The molecule has 1 saturated heterocycles. The van der Waals surface area contributed by atoms with Crippen molar-refractivity contribution in [2.45, 2.75) is 51.6 Å². The summed E-state index contributed by atoms with van der Waals surface area (Å²) in [4.78, 5) is 14.8. The number of rotatable bonds is 4. The average molecular weight is 298 g/mol. The Balaban J connectivity index is 2.25. The first-order chi connectivity index (χ1) is 9.54. The molecule has 1 atom stereocenters. The second-order valence-corrected chi connectivity index (χ2v) is 6.21. The minimum absolute atomic E-state index is 0.0868. The Morgan fingerprint density at radius 3 is 2.90 bits per heavy atom. The maximum atomic E-state index is 12.8. The van der Waals surface area contributed by atoms with Crippen molar-refractivity contribution < 1.29 is 4.79 Å². The van der Waals surface area contributed by atoms with Gasteiger partial charge in [-0.1, -0.05) is 11.6 Å². The van der Waals surface area contributed by atoms with Crippen LogP contribution in [0.25, 0.3) is 0 Å². The van der Waals surface area contributed by atoms with Gasteiger partial charge in [0.1, 0.15) is 5.69 Å². The van der Waals surface area contributed by atoms with Crippen LogP contribution in [0.3, 0.4) is 0 Å². The van der Waals surface area contributed by atoms with Gasteiger partial charge in [0.15, 0.2) is 0 Å². The van der Waals surface area contributed by atoms with E-state index in [1.54, 1.807) is 6.07 Å². The standard InChI is InChI=1S/C15H24ClN3O/c1-11(2)19-10-12(16)9-14(19)15(20)18-8-4-3-5-13(18)6-7-17/h9-11,13H,3-8,17H2,1-2H3. The predicted octanol–water partition coefficient (Wildman–Crippen LogP) is 3.07. The summed E-state index contributed by atoms with van der Waals surface area (Å²) in [6, 6.07) is 2.27. The highest BCUT2D eigenvalue weighted by molar-refractivity contribution is 6.31. The van der Waals surface area contributed by atoms with Crippen LogP contribution in [-0.2, 0) is 0 Å². The number of likely N-dealkylation sites (tertiary alicyclic amines) is 1. The van der Waals surface area contributed by atoms with E-state index in [2.05, 4.69) is 13.8 Å². The smallest absolute Gasteiger partial charge is 0.270 e. The monoisotopic (exact) mass is 297 g/mol. The van der Waals surface area contributed by atoms with Gasteiger partial charge < -0.3 is 15.2 Å². The molecule has 5 heteroatoms. The Bertz CT molecular complexity index is 468. The molecule has 2 N–H and O–H groups in total. The van der Waals surface area contributed by atoms with Crippen LogP contribution in [0, 0.1) is 0 Å². The second kappa shape index (κ2) is 6.64. The first-order valence-corrected chi connectivity index (χ1v) is 7.80. The summed E-state index contributed by atoms with van der Waals surface area (Å²) >= 11 is 6.08. The highest BCUT2D eigenvalue weighted by atomic mass is 35.5. The highest BCUT2D eigenvalue weighted by Crippen LogP contribution is 2.25. The van der Waals surface area contributed by atoms with E-state index in [0.29, 0.717) is 17.3 Å². The van der Waals surface area contributed by atoms with E-state index in [1.165, 1.54) is 6.42 Å². The van der Waals surface area contributed by atoms with E-state index in [9.17, 15) is 4.79 Å². The van der Waals surface area contributed by atoms with Gasteiger partial charge in [0.05, 0.1) is 5.02 Å². The van der Waals surface area contributed by atoms with Gasteiger partial charge in [0, 0.05) is 24.8 Å². The van der Waals surface area contributed by atoms with Gasteiger partial charge in [0.2, 0.25) is 0 Å². The number of nitrogens with two attached hydrogens (primary N) is 1. The van der Waals surface area contributed by atoms with Crippen molar-refractivity contribution in [2.75, 3.05) is 13.1 Å². The van der Waals surface area contributed by atoms with Crippen LogP contribution >= 0.6 is 11.6 Å². The van der Waals surface area contributed by atoms with Gasteiger partial charge in [-0.3, -0.25) is 4.79 Å². The zero-order chi connectivity index (χ0) is 14.7. The van der Waals surface area contributed by atoms with Crippen molar-refractivity contribution in [1.82, 2.24) is 9.47 Å². The summed E-state index contributed by atoms with van der Waals surface area (Å²) < 4.78 is 1.96. The van der Waals surface area contributed by atoms with Crippen LogP contribution in [0.4, 0.5) is 0 Å². The third kappa shape index (κ3) is 3.18. The molecule has 0 aromatic carbocycles. The fourth-order valence-corrected chi connectivity index (χ4v) is 3.16. The maximum Gasteiger partial charge on any atom is 0.270 e. The Hall–Kier alpha value is -1.00. The van der Waals surface area contributed by atoms with Crippen molar-refractivity contribution in [1.29, 1.82) is 0 Å². The van der Waals surface area contributed by atoms with Gasteiger partial charge in [-0.05, 0) is 52.1 Å². The lowest BCUT2D eigenvalue weighted by molar-refractivity contribution is 0.0592. The molecule has 1 aliphatic heterocycles. The molecule has 1 unspecified atom stereocenters. The van der Waals surface area contributed by atoms with E-state index < -0.39 is 0 Å². The van der Waals surface area contributed by atoms with Crippen molar-refractivity contribution in [3.63, 3.8) is 0 Å². The molecule has 0 saturated carbocycles. The van der Waals surface area contributed by atoms with Gasteiger partial charge in [-0.2, -0.15) is 0 Å². The molecule has 1 aromatic heterocycles. The lowest BCUT2D eigenvalue weighted by Crippen LogP contribution is -2.45. The van der Waals surface area contributed by atoms with Gasteiger partial charge in [-0.25, -0.2) is 0 Å². The Morgan fingerprint density at radius 1 is 1.50 bits per heavy atom. The van der Waals surface area contributed by atoms with Crippen LogP contribution < -0.4 is 5.73 Å². The zero-order valence-corrected chi connectivity index (χ0v) is 13.1. The third-order valence-electron chi connectivity index (χ3n) is 3.98. The highest BCUT2D eigenvalue weighted by Gasteiger charge is 2.29. The normalized spacial score (nSPS) is 19.6. The Labute approximate surface area is 125 Å². The molecule has 2 heterocycles. The maximum absolute atomic E-state index is 12.8. The fourth-order valence-electron chi connectivity index (χ4n) is 2.95. The number of aromatic nitrogens is 1. The van der Waals surface area contributed by atoms with Crippen LogP contribution in [0.1, 0.15) is 56.1 Å². The van der Waals surface area contributed by atoms with E-state index in [-0.39, 0.29) is 18.0 Å². The molecule has 0 spiro atoms. The van der Waals surface area contributed by atoms with Crippen molar-refractivity contribution >= 4 is 17.5 Å². The van der Waals surface area contributed by atoms with E-state index in [1.807, 2.05) is 15.7 Å².